The molecule has 1 aromatic rings. The third kappa shape index (κ3) is 3.35. The van der Waals surface area contributed by atoms with Gasteiger partial charge in [-0.05, 0) is 11.6 Å². The van der Waals surface area contributed by atoms with Crippen LogP contribution in [0.15, 0.2) is 12.3 Å². The molecule has 1 rings (SSSR count). The van der Waals surface area contributed by atoms with Crippen molar-refractivity contribution < 1.29 is 18.0 Å². The number of ketones is 1. The molecule has 0 saturated carbocycles. The van der Waals surface area contributed by atoms with Gasteiger partial charge in [-0.2, -0.15) is 13.2 Å². The summed E-state index contributed by atoms with van der Waals surface area (Å²) in [5.41, 5.74) is 0.0757. The first-order chi connectivity index (χ1) is 6.80. The van der Waals surface area contributed by atoms with Crippen molar-refractivity contribution in [3.05, 3.63) is 28.0 Å². The molecule has 7 heteroatoms. The molecule has 0 amide bonds. The second kappa shape index (κ2) is 4.37. The first kappa shape index (κ1) is 12.3. The molecule has 0 atom stereocenters. The van der Waals surface area contributed by atoms with Crippen LogP contribution in [0.25, 0.3) is 0 Å². The van der Waals surface area contributed by atoms with Crippen LogP contribution in [0.3, 0.4) is 0 Å². The number of carbonyl (C=O) groups excluding carboxylic acids is 1. The van der Waals surface area contributed by atoms with Gasteiger partial charge >= 0.3 is 6.18 Å². The summed E-state index contributed by atoms with van der Waals surface area (Å²) in [5, 5.41) is 0.00372. The van der Waals surface area contributed by atoms with Crippen LogP contribution in [-0.4, -0.2) is 16.9 Å². The third-order valence-corrected chi connectivity index (χ3v) is 2.22. The largest absolute Gasteiger partial charge is 0.450 e. The van der Waals surface area contributed by atoms with Crippen molar-refractivity contribution >= 4 is 29.0 Å². The SMILES string of the molecule is O=C(Cc1cnc(Cl)c(Cl)c1)C(F)(F)F. The summed E-state index contributed by atoms with van der Waals surface area (Å²) < 4.78 is 35.7. The Balaban J connectivity index is 2.83. The van der Waals surface area contributed by atoms with Gasteiger partial charge in [-0.3, -0.25) is 4.79 Å². The Morgan fingerprint density at radius 2 is 2.00 bits per heavy atom. The van der Waals surface area contributed by atoms with Crippen molar-refractivity contribution in [1.82, 2.24) is 4.98 Å². The zero-order valence-electron chi connectivity index (χ0n) is 7.11. The minimum atomic E-state index is -4.84. The predicted octanol–water partition coefficient (Wildman–Crippen LogP) is 3.06. The minimum Gasteiger partial charge on any atom is -0.289 e. The van der Waals surface area contributed by atoms with E-state index in [0.29, 0.717) is 0 Å². The molecule has 0 aliphatic rings. The van der Waals surface area contributed by atoms with E-state index >= 15 is 0 Å². The number of hydrogen-bond acceptors (Lipinski definition) is 2. The summed E-state index contributed by atoms with van der Waals surface area (Å²) in [6, 6.07) is 1.18. The fraction of sp³-hybridized carbons (Fsp3) is 0.250. The van der Waals surface area contributed by atoms with Gasteiger partial charge in [0, 0.05) is 12.6 Å². The number of Topliss-reactive ketones (excluding diaryl/α,β-unsaturated/α-hetero) is 1. The molecule has 1 aromatic heterocycles. The van der Waals surface area contributed by atoms with Gasteiger partial charge in [0.25, 0.3) is 0 Å². The smallest absolute Gasteiger partial charge is 0.289 e. The number of nitrogens with zero attached hydrogens (tertiary/aromatic N) is 1. The van der Waals surface area contributed by atoms with Crippen LogP contribution in [0.2, 0.25) is 10.2 Å². The molecule has 0 aliphatic carbocycles. The van der Waals surface area contributed by atoms with Gasteiger partial charge in [0.1, 0.15) is 5.15 Å². The highest BCUT2D eigenvalue weighted by molar-refractivity contribution is 6.41. The van der Waals surface area contributed by atoms with Gasteiger partial charge in [-0.1, -0.05) is 23.2 Å². The van der Waals surface area contributed by atoms with E-state index in [-0.39, 0.29) is 15.7 Å². The van der Waals surface area contributed by atoms with E-state index in [0.717, 1.165) is 6.20 Å². The predicted molar refractivity (Wildman–Crippen MR) is 49.0 cm³/mol. The molecule has 0 aromatic carbocycles. The summed E-state index contributed by atoms with van der Waals surface area (Å²) in [7, 11) is 0. The number of rotatable bonds is 2. The molecule has 82 valence electrons. The van der Waals surface area contributed by atoms with Gasteiger partial charge in [0.05, 0.1) is 5.02 Å². The van der Waals surface area contributed by atoms with Gasteiger partial charge in [0.2, 0.25) is 5.78 Å². The summed E-state index contributed by atoms with van der Waals surface area (Å²) >= 11 is 11.0. The highest BCUT2D eigenvalue weighted by Gasteiger charge is 2.37. The lowest BCUT2D eigenvalue weighted by molar-refractivity contribution is -0.170. The van der Waals surface area contributed by atoms with Gasteiger partial charge in [-0.15, -0.1) is 0 Å². The van der Waals surface area contributed by atoms with E-state index in [9.17, 15) is 18.0 Å². The lowest BCUT2D eigenvalue weighted by Gasteiger charge is -2.05. The highest BCUT2D eigenvalue weighted by Crippen LogP contribution is 2.22. The van der Waals surface area contributed by atoms with Crippen molar-refractivity contribution in [3.8, 4) is 0 Å². The van der Waals surface area contributed by atoms with Crippen LogP contribution < -0.4 is 0 Å². The van der Waals surface area contributed by atoms with Crippen molar-refractivity contribution in [2.24, 2.45) is 0 Å². The molecule has 0 fully saturated rings. The summed E-state index contributed by atoms with van der Waals surface area (Å²) in [5.74, 6) is -1.84. The first-order valence-corrected chi connectivity index (χ1v) is 4.46. The zero-order chi connectivity index (χ0) is 11.6. The lowest BCUT2D eigenvalue weighted by Crippen LogP contribution is -2.24. The Kier molecular flexibility index (Phi) is 3.57. The van der Waals surface area contributed by atoms with E-state index in [1.54, 1.807) is 0 Å². The highest BCUT2D eigenvalue weighted by atomic mass is 35.5. The van der Waals surface area contributed by atoms with Crippen LogP contribution in [0.1, 0.15) is 5.56 Å². The number of carbonyl (C=O) groups is 1. The van der Waals surface area contributed by atoms with E-state index in [1.807, 2.05) is 0 Å². The molecule has 0 saturated heterocycles. The van der Waals surface area contributed by atoms with Crippen LogP contribution in [0.4, 0.5) is 13.2 Å². The number of alkyl halides is 3. The minimum absolute atomic E-state index is 0.0140. The maximum absolute atomic E-state index is 11.9. The molecule has 2 nitrogen and oxygen atoms in total. The number of hydrogen-bond donors (Lipinski definition) is 0. The fourth-order valence-corrected chi connectivity index (χ4v) is 1.14. The van der Waals surface area contributed by atoms with E-state index < -0.39 is 18.4 Å². The lowest BCUT2D eigenvalue weighted by atomic mass is 10.1. The number of pyridine rings is 1. The Labute approximate surface area is 93.0 Å². The molecule has 0 unspecified atom stereocenters. The summed E-state index contributed by atoms with van der Waals surface area (Å²) in [6.45, 7) is 0. The first-order valence-electron chi connectivity index (χ1n) is 3.70. The molecule has 0 radical (unpaired) electrons. The summed E-state index contributed by atoms with van der Waals surface area (Å²) in [4.78, 5) is 14.1. The normalized spacial score (nSPS) is 11.5. The van der Waals surface area contributed by atoms with Crippen LogP contribution in [0, 0.1) is 0 Å². The van der Waals surface area contributed by atoms with Crippen molar-refractivity contribution in [1.29, 1.82) is 0 Å². The average Bonchev–Trinajstić information content (AvgIpc) is 2.10. The Hall–Kier alpha value is -0.810. The quantitative estimate of drug-likeness (QED) is 0.763. The van der Waals surface area contributed by atoms with Crippen LogP contribution >= 0.6 is 23.2 Å². The third-order valence-electron chi connectivity index (χ3n) is 1.53. The second-order valence-electron chi connectivity index (χ2n) is 2.71. The van der Waals surface area contributed by atoms with Crippen LogP contribution in [0.5, 0.6) is 0 Å². The fourth-order valence-electron chi connectivity index (χ4n) is 0.843. The van der Waals surface area contributed by atoms with E-state index in [4.69, 9.17) is 23.2 Å². The molecular formula is C8H4Cl2F3NO. The summed E-state index contributed by atoms with van der Waals surface area (Å²) in [6.07, 6.45) is -4.54. The molecule has 0 bridgehead atoms. The van der Waals surface area contributed by atoms with Crippen LogP contribution in [-0.2, 0) is 11.2 Å². The Morgan fingerprint density at radius 3 is 2.47 bits per heavy atom. The monoisotopic (exact) mass is 257 g/mol. The average molecular weight is 258 g/mol. The number of aromatic nitrogens is 1. The Morgan fingerprint density at radius 1 is 1.40 bits per heavy atom. The standard InChI is InChI=1S/C8H4Cl2F3NO/c9-5-1-4(3-14-7(5)10)2-6(15)8(11,12)13/h1,3H,2H2. The van der Waals surface area contributed by atoms with Gasteiger partial charge < -0.3 is 0 Å². The second-order valence-corrected chi connectivity index (χ2v) is 3.48. The molecule has 1 heterocycles. The maximum atomic E-state index is 11.9. The molecule has 0 N–H and O–H groups in total. The zero-order valence-corrected chi connectivity index (χ0v) is 8.62. The molecule has 0 aliphatic heterocycles. The Bertz CT molecular complexity index is 392. The van der Waals surface area contributed by atoms with Crippen molar-refractivity contribution in [2.75, 3.05) is 0 Å². The number of halogens is 5. The molecule has 15 heavy (non-hydrogen) atoms. The maximum Gasteiger partial charge on any atom is 0.450 e. The molecule has 0 spiro atoms. The molecular weight excluding hydrogens is 254 g/mol. The topological polar surface area (TPSA) is 30.0 Å². The van der Waals surface area contributed by atoms with Gasteiger partial charge in [-0.25, -0.2) is 4.98 Å². The van der Waals surface area contributed by atoms with E-state index in [1.165, 1.54) is 6.07 Å². The van der Waals surface area contributed by atoms with Gasteiger partial charge in [0.15, 0.2) is 0 Å². The van der Waals surface area contributed by atoms with Crippen molar-refractivity contribution in [2.45, 2.75) is 12.6 Å². The van der Waals surface area contributed by atoms with Crippen molar-refractivity contribution in [3.63, 3.8) is 0 Å². The van der Waals surface area contributed by atoms with E-state index in [2.05, 4.69) is 4.98 Å².